The summed E-state index contributed by atoms with van der Waals surface area (Å²) in [4.78, 5) is 29.2. The van der Waals surface area contributed by atoms with Crippen molar-refractivity contribution in [3.05, 3.63) is 105 Å². The molecule has 3 aromatic carbocycles. The highest BCUT2D eigenvalue weighted by atomic mass is 35.5. The molecule has 6 heteroatoms. The van der Waals surface area contributed by atoms with Gasteiger partial charge in [0.05, 0.1) is 6.42 Å². The molecule has 4 rings (SSSR count). The number of nitrogens with zero attached hydrogens (tertiary/aromatic N) is 1. The van der Waals surface area contributed by atoms with E-state index in [0.717, 1.165) is 47.9 Å². The fourth-order valence-corrected chi connectivity index (χ4v) is 5.21. The number of aryl methyl sites for hydroxylation is 1. The molecule has 0 aliphatic heterocycles. The standard InChI is InChI=1S/C30H32Cl2N2O2/c1-21-11-13-23(14-12-21)18-29(35)34(20-24-15-16-25(31)19-27(24)32)28(17-22-7-3-2-4-8-22)30(36)33-26-9-5-6-10-26/h2-4,7-8,11-16,19,26,28H,5-6,9-10,17-18,20H2,1H3,(H,33,36)/t28-/m0/s1. The lowest BCUT2D eigenvalue weighted by molar-refractivity contribution is -0.141. The topological polar surface area (TPSA) is 49.4 Å². The Labute approximate surface area is 223 Å². The van der Waals surface area contributed by atoms with Gasteiger partial charge in [0.1, 0.15) is 6.04 Å². The Morgan fingerprint density at radius 3 is 2.31 bits per heavy atom. The van der Waals surface area contributed by atoms with Crippen molar-refractivity contribution < 1.29 is 9.59 Å². The molecule has 1 N–H and O–H groups in total. The van der Waals surface area contributed by atoms with Crippen LogP contribution in [0.25, 0.3) is 0 Å². The van der Waals surface area contributed by atoms with Crippen molar-refractivity contribution in [1.82, 2.24) is 10.2 Å². The van der Waals surface area contributed by atoms with Gasteiger partial charge in [0.25, 0.3) is 0 Å². The number of amides is 2. The number of hydrogen-bond donors (Lipinski definition) is 1. The Kier molecular flexibility index (Phi) is 9.06. The molecule has 0 saturated heterocycles. The summed E-state index contributed by atoms with van der Waals surface area (Å²) in [5.41, 5.74) is 3.80. The van der Waals surface area contributed by atoms with Crippen LogP contribution in [0.1, 0.15) is 47.9 Å². The monoisotopic (exact) mass is 522 g/mol. The molecule has 0 unspecified atom stereocenters. The fraction of sp³-hybridized carbons (Fsp3) is 0.333. The molecular weight excluding hydrogens is 491 g/mol. The molecule has 0 aromatic heterocycles. The van der Waals surface area contributed by atoms with Gasteiger partial charge in [0, 0.05) is 29.1 Å². The van der Waals surface area contributed by atoms with Gasteiger partial charge in [-0.15, -0.1) is 0 Å². The number of rotatable bonds is 9. The molecule has 1 atom stereocenters. The van der Waals surface area contributed by atoms with E-state index in [1.54, 1.807) is 17.0 Å². The first-order chi connectivity index (χ1) is 17.4. The Morgan fingerprint density at radius 2 is 1.64 bits per heavy atom. The number of carbonyl (C=O) groups is 2. The van der Waals surface area contributed by atoms with Crippen LogP contribution in [-0.4, -0.2) is 28.8 Å². The quantitative estimate of drug-likeness (QED) is 0.346. The summed E-state index contributed by atoms with van der Waals surface area (Å²) in [5, 5.41) is 4.23. The Hall–Kier alpha value is -2.82. The molecule has 188 valence electrons. The summed E-state index contributed by atoms with van der Waals surface area (Å²) in [7, 11) is 0. The van der Waals surface area contributed by atoms with Gasteiger partial charge in [-0.05, 0) is 48.6 Å². The normalized spacial score (nSPS) is 14.4. The van der Waals surface area contributed by atoms with Gasteiger partial charge in [-0.2, -0.15) is 0 Å². The van der Waals surface area contributed by atoms with Gasteiger partial charge in [-0.3, -0.25) is 9.59 Å². The lowest BCUT2D eigenvalue weighted by atomic mass is 10.0. The van der Waals surface area contributed by atoms with Gasteiger partial charge in [-0.1, -0.05) is 102 Å². The van der Waals surface area contributed by atoms with E-state index in [9.17, 15) is 9.59 Å². The predicted octanol–water partition coefficient (Wildman–Crippen LogP) is 6.54. The van der Waals surface area contributed by atoms with Gasteiger partial charge >= 0.3 is 0 Å². The minimum atomic E-state index is -0.669. The number of carbonyl (C=O) groups excluding carboxylic acids is 2. The van der Waals surface area contributed by atoms with E-state index in [0.29, 0.717) is 16.5 Å². The van der Waals surface area contributed by atoms with Crippen LogP contribution < -0.4 is 5.32 Å². The molecule has 4 nitrogen and oxygen atoms in total. The van der Waals surface area contributed by atoms with E-state index < -0.39 is 6.04 Å². The summed E-state index contributed by atoms with van der Waals surface area (Å²) in [5.74, 6) is -0.236. The van der Waals surface area contributed by atoms with Crippen molar-refractivity contribution in [2.75, 3.05) is 0 Å². The number of benzene rings is 3. The third-order valence-electron chi connectivity index (χ3n) is 6.80. The second-order valence-electron chi connectivity index (χ2n) is 9.62. The van der Waals surface area contributed by atoms with E-state index >= 15 is 0 Å². The van der Waals surface area contributed by atoms with Gasteiger partial charge in [-0.25, -0.2) is 0 Å². The van der Waals surface area contributed by atoms with Crippen LogP contribution in [0.5, 0.6) is 0 Å². The average Bonchev–Trinajstić information content (AvgIpc) is 3.37. The van der Waals surface area contributed by atoms with Gasteiger partial charge in [0.15, 0.2) is 0 Å². The summed E-state index contributed by atoms with van der Waals surface area (Å²) >= 11 is 12.6. The summed E-state index contributed by atoms with van der Waals surface area (Å²) < 4.78 is 0. The van der Waals surface area contributed by atoms with Crippen LogP contribution in [0.4, 0.5) is 0 Å². The first-order valence-electron chi connectivity index (χ1n) is 12.5. The molecule has 1 aliphatic rings. The van der Waals surface area contributed by atoms with Crippen molar-refractivity contribution in [2.45, 2.75) is 64.1 Å². The van der Waals surface area contributed by atoms with Gasteiger partial charge < -0.3 is 10.2 Å². The van der Waals surface area contributed by atoms with E-state index in [4.69, 9.17) is 23.2 Å². The molecule has 1 fully saturated rings. The van der Waals surface area contributed by atoms with Crippen molar-refractivity contribution in [2.24, 2.45) is 0 Å². The second kappa shape index (κ2) is 12.4. The van der Waals surface area contributed by atoms with Crippen molar-refractivity contribution in [3.63, 3.8) is 0 Å². The summed E-state index contributed by atoms with van der Waals surface area (Å²) in [6.07, 6.45) is 4.81. The maximum absolute atomic E-state index is 13.8. The third-order valence-corrected chi connectivity index (χ3v) is 7.39. The molecule has 1 saturated carbocycles. The maximum atomic E-state index is 13.8. The number of halogens is 2. The molecule has 36 heavy (non-hydrogen) atoms. The molecule has 0 bridgehead atoms. The van der Waals surface area contributed by atoms with Crippen LogP contribution >= 0.6 is 23.2 Å². The van der Waals surface area contributed by atoms with Crippen LogP contribution in [-0.2, 0) is 29.0 Å². The zero-order chi connectivity index (χ0) is 25.5. The molecule has 1 aliphatic carbocycles. The van der Waals surface area contributed by atoms with Crippen LogP contribution in [0.15, 0.2) is 72.8 Å². The smallest absolute Gasteiger partial charge is 0.243 e. The maximum Gasteiger partial charge on any atom is 0.243 e. The number of nitrogens with one attached hydrogen (secondary N) is 1. The van der Waals surface area contributed by atoms with E-state index in [-0.39, 0.29) is 30.8 Å². The second-order valence-corrected chi connectivity index (χ2v) is 10.5. The largest absolute Gasteiger partial charge is 0.352 e. The van der Waals surface area contributed by atoms with E-state index in [2.05, 4.69) is 5.32 Å². The summed E-state index contributed by atoms with van der Waals surface area (Å²) in [6, 6.07) is 22.5. The Bertz CT molecular complexity index is 1180. The minimum absolute atomic E-state index is 0.118. The highest BCUT2D eigenvalue weighted by Crippen LogP contribution is 2.25. The summed E-state index contributed by atoms with van der Waals surface area (Å²) in [6.45, 7) is 2.24. The Balaban J connectivity index is 1.67. The molecule has 0 heterocycles. The fourth-order valence-electron chi connectivity index (χ4n) is 4.74. The molecule has 2 amide bonds. The van der Waals surface area contributed by atoms with Crippen molar-refractivity contribution in [3.8, 4) is 0 Å². The van der Waals surface area contributed by atoms with E-state index in [1.165, 1.54) is 0 Å². The van der Waals surface area contributed by atoms with Crippen LogP contribution in [0.2, 0.25) is 10.0 Å². The molecule has 3 aromatic rings. The SMILES string of the molecule is Cc1ccc(CC(=O)N(Cc2ccc(Cl)cc2Cl)[C@@H](Cc2ccccc2)C(=O)NC2CCCC2)cc1. The minimum Gasteiger partial charge on any atom is -0.352 e. The highest BCUT2D eigenvalue weighted by Gasteiger charge is 2.32. The average molecular weight is 524 g/mol. The Morgan fingerprint density at radius 1 is 0.944 bits per heavy atom. The first kappa shape index (κ1) is 26.2. The van der Waals surface area contributed by atoms with Crippen LogP contribution in [0, 0.1) is 6.92 Å². The zero-order valence-corrected chi connectivity index (χ0v) is 22.1. The lowest BCUT2D eigenvalue weighted by Gasteiger charge is -2.32. The molecule has 0 radical (unpaired) electrons. The van der Waals surface area contributed by atoms with Crippen LogP contribution in [0.3, 0.4) is 0 Å². The van der Waals surface area contributed by atoms with Crippen molar-refractivity contribution >= 4 is 35.0 Å². The first-order valence-corrected chi connectivity index (χ1v) is 13.3. The van der Waals surface area contributed by atoms with Crippen molar-refractivity contribution in [1.29, 1.82) is 0 Å². The highest BCUT2D eigenvalue weighted by molar-refractivity contribution is 6.35. The molecule has 0 spiro atoms. The van der Waals surface area contributed by atoms with E-state index in [1.807, 2.05) is 67.6 Å². The predicted molar refractivity (Wildman–Crippen MR) is 146 cm³/mol. The third kappa shape index (κ3) is 7.11. The zero-order valence-electron chi connectivity index (χ0n) is 20.6. The molecular formula is C30H32Cl2N2O2. The van der Waals surface area contributed by atoms with Gasteiger partial charge in [0.2, 0.25) is 11.8 Å². The number of hydrogen-bond acceptors (Lipinski definition) is 2. The lowest BCUT2D eigenvalue weighted by Crippen LogP contribution is -2.52.